The van der Waals surface area contributed by atoms with Gasteiger partial charge in [-0.25, -0.2) is 9.67 Å². The van der Waals surface area contributed by atoms with Gasteiger partial charge in [-0.1, -0.05) is 30.3 Å². The summed E-state index contributed by atoms with van der Waals surface area (Å²) in [5.41, 5.74) is 8.43. The molecule has 3 heterocycles. The van der Waals surface area contributed by atoms with Crippen LogP contribution >= 0.6 is 0 Å². The van der Waals surface area contributed by atoms with Crippen molar-refractivity contribution >= 4 is 22.9 Å². The maximum Gasteiger partial charge on any atom is 0.232 e. The van der Waals surface area contributed by atoms with E-state index in [9.17, 15) is 0 Å². The Hall–Kier alpha value is -3.42. The number of anilines is 2. The number of nitrogen functional groups attached to an aromatic ring is 1. The van der Waals surface area contributed by atoms with E-state index in [0.29, 0.717) is 35.4 Å². The fraction of sp³-hybridized carbons (Fsp3) is 0.125. The Labute approximate surface area is 138 Å². The monoisotopic (exact) mass is 320 g/mol. The Bertz CT molecular complexity index is 972. The van der Waals surface area contributed by atoms with Crippen LogP contribution in [0.1, 0.15) is 5.56 Å². The van der Waals surface area contributed by atoms with Crippen LogP contribution in [0.4, 0.5) is 11.8 Å². The highest BCUT2D eigenvalue weighted by Crippen LogP contribution is 2.21. The number of hydrogen-bond acceptors (Lipinski definition) is 6. The van der Waals surface area contributed by atoms with Gasteiger partial charge in [0, 0.05) is 26.0 Å². The predicted octanol–water partition coefficient (Wildman–Crippen LogP) is 1.74. The molecule has 0 spiro atoms. The minimum absolute atomic E-state index is 0.338. The van der Waals surface area contributed by atoms with Gasteiger partial charge >= 0.3 is 0 Å². The van der Waals surface area contributed by atoms with E-state index in [0.717, 1.165) is 5.56 Å². The molecule has 4 aromatic rings. The summed E-state index contributed by atoms with van der Waals surface area (Å²) in [6, 6.07) is 11.9. The molecule has 3 aromatic heterocycles. The minimum atomic E-state index is 0.338. The van der Waals surface area contributed by atoms with Gasteiger partial charge in [0.1, 0.15) is 0 Å². The van der Waals surface area contributed by atoms with E-state index < -0.39 is 0 Å². The van der Waals surface area contributed by atoms with Crippen LogP contribution in [0.3, 0.4) is 0 Å². The molecule has 0 bridgehead atoms. The van der Waals surface area contributed by atoms with Crippen molar-refractivity contribution in [3.8, 4) is 5.95 Å². The molecule has 0 unspecified atom stereocenters. The number of rotatable bonds is 4. The van der Waals surface area contributed by atoms with E-state index in [2.05, 4.69) is 25.4 Å². The van der Waals surface area contributed by atoms with Crippen LogP contribution in [-0.4, -0.2) is 29.3 Å². The van der Waals surface area contributed by atoms with Gasteiger partial charge in [-0.3, -0.25) is 4.57 Å². The number of hydrogen-bond donors (Lipinski definition) is 2. The minimum Gasteiger partial charge on any atom is -0.382 e. The molecule has 24 heavy (non-hydrogen) atoms. The standard InChI is InChI=1S/C16H16N8/c1-23-14-12(20-16(23)24-9-5-8-19-24)13(17)21-15(22-14)18-10-11-6-3-2-4-7-11/h2-9H,10H2,1H3,(H3,17,18,21,22). The van der Waals surface area contributed by atoms with Gasteiger partial charge in [0.15, 0.2) is 17.0 Å². The van der Waals surface area contributed by atoms with E-state index in [1.54, 1.807) is 10.9 Å². The highest BCUT2D eigenvalue weighted by atomic mass is 15.4. The van der Waals surface area contributed by atoms with Gasteiger partial charge in [-0.05, 0) is 11.6 Å². The summed E-state index contributed by atoms with van der Waals surface area (Å²) in [5.74, 6) is 1.44. The molecule has 8 nitrogen and oxygen atoms in total. The van der Waals surface area contributed by atoms with Crippen molar-refractivity contribution in [3.63, 3.8) is 0 Å². The van der Waals surface area contributed by atoms with Crippen LogP contribution in [0.2, 0.25) is 0 Å². The number of aryl methyl sites for hydroxylation is 1. The number of fused-ring (bicyclic) bond motifs is 1. The molecule has 0 saturated heterocycles. The second-order valence-electron chi connectivity index (χ2n) is 5.37. The molecule has 120 valence electrons. The maximum atomic E-state index is 6.06. The van der Waals surface area contributed by atoms with E-state index in [1.807, 2.05) is 54.2 Å². The van der Waals surface area contributed by atoms with Crippen molar-refractivity contribution in [2.45, 2.75) is 6.54 Å². The summed E-state index contributed by atoms with van der Waals surface area (Å²) >= 11 is 0. The Morgan fingerprint density at radius 1 is 1.08 bits per heavy atom. The molecule has 0 fully saturated rings. The van der Waals surface area contributed by atoms with Crippen LogP contribution in [0, 0.1) is 0 Å². The SMILES string of the molecule is Cn1c(-n2cccn2)nc2c(N)nc(NCc3ccccc3)nc21. The first-order valence-corrected chi connectivity index (χ1v) is 7.50. The second-order valence-corrected chi connectivity index (χ2v) is 5.37. The number of aromatic nitrogens is 6. The average Bonchev–Trinajstić information content (AvgIpc) is 3.23. The topological polar surface area (TPSA) is 99.5 Å². The van der Waals surface area contributed by atoms with Crippen molar-refractivity contribution in [2.75, 3.05) is 11.1 Å². The predicted molar refractivity (Wildman–Crippen MR) is 91.6 cm³/mol. The van der Waals surface area contributed by atoms with Gasteiger partial charge in [-0.2, -0.15) is 15.1 Å². The zero-order valence-corrected chi connectivity index (χ0v) is 13.1. The second kappa shape index (κ2) is 5.65. The van der Waals surface area contributed by atoms with Crippen LogP contribution in [0.5, 0.6) is 0 Å². The lowest BCUT2D eigenvalue weighted by Crippen LogP contribution is -2.07. The first-order chi connectivity index (χ1) is 11.7. The van der Waals surface area contributed by atoms with Gasteiger partial charge in [-0.15, -0.1) is 0 Å². The summed E-state index contributed by atoms with van der Waals surface area (Å²) in [6.45, 7) is 0.621. The van der Waals surface area contributed by atoms with Gasteiger partial charge < -0.3 is 11.1 Å². The average molecular weight is 320 g/mol. The van der Waals surface area contributed by atoms with E-state index in [4.69, 9.17) is 5.73 Å². The first kappa shape index (κ1) is 14.2. The largest absolute Gasteiger partial charge is 0.382 e. The number of nitrogens with zero attached hydrogens (tertiary/aromatic N) is 6. The van der Waals surface area contributed by atoms with Gasteiger partial charge in [0.05, 0.1) is 0 Å². The molecular formula is C16H16N8. The highest BCUT2D eigenvalue weighted by Gasteiger charge is 2.15. The summed E-state index contributed by atoms with van der Waals surface area (Å²) in [6.07, 6.45) is 3.51. The van der Waals surface area contributed by atoms with E-state index >= 15 is 0 Å². The molecule has 8 heteroatoms. The molecule has 0 aliphatic heterocycles. The number of nitrogens with one attached hydrogen (secondary N) is 1. The Morgan fingerprint density at radius 2 is 1.92 bits per heavy atom. The van der Waals surface area contributed by atoms with Crippen LogP contribution in [0.15, 0.2) is 48.8 Å². The van der Waals surface area contributed by atoms with Crippen LogP contribution in [0.25, 0.3) is 17.1 Å². The van der Waals surface area contributed by atoms with Crippen molar-refractivity contribution in [2.24, 2.45) is 7.05 Å². The third-order valence-corrected chi connectivity index (χ3v) is 3.72. The van der Waals surface area contributed by atoms with Crippen LogP contribution in [-0.2, 0) is 13.6 Å². The summed E-state index contributed by atoms with van der Waals surface area (Å²) in [7, 11) is 1.87. The summed E-state index contributed by atoms with van der Waals surface area (Å²) in [4.78, 5) is 13.3. The Balaban J connectivity index is 1.70. The van der Waals surface area contributed by atoms with Crippen molar-refractivity contribution < 1.29 is 0 Å². The molecule has 1 aromatic carbocycles. The number of benzene rings is 1. The molecule has 0 amide bonds. The fourth-order valence-electron chi connectivity index (χ4n) is 2.52. The van der Waals surface area contributed by atoms with Gasteiger partial charge in [0.2, 0.25) is 11.9 Å². The highest BCUT2D eigenvalue weighted by molar-refractivity contribution is 5.84. The Morgan fingerprint density at radius 3 is 2.67 bits per heavy atom. The molecular weight excluding hydrogens is 304 g/mol. The number of nitrogens with two attached hydrogens (primary N) is 1. The third kappa shape index (κ3) is 2.43. The lowest BCUT2D eigenvalue weighted by Gasteiger charge is -2.06. The molecule has 0 aliphatic rings. The van der Waals surface area contributed by atoms with Gasteiger partial charge in [0.25, 0.3) is 0 Å². The van der Waals surface area contributed by atoms with Crippen LogP contribution < -0.4 is 11.1 Å². The fourth-order valence-corrected chi connectivity index (χ4v) is 2.52. The summed E-state index contributed by atoms with van der Waals surface area (Å²) in [5, 5.41) is 7.40. The maximum absolute atomic E-state index is 6.06. The van der Waals surface area contributed by atoms with E-state index in [-0.39, 0.29) is 0 Å². The number of imidazole rings is 1. The molecule has 0 atom stereocenters. The lowest BCUT2D eigenvalue weighted by molar-refractivity contribution is 0.757. The van der Waals surface area contributed by atoms with Crippen molar-refractivity contribution in [3.05, 3.63) is 54.4 Å². The lowest BCUT2D eigenvalue weighted by atomic mass is 10.2. The summed E-state index contributed by atoms with van der Waals surface area (Å²) < 4.78 is 3.51. The smallest absolute Gasteiger partial charge is 0.232 e. The quantitative estimate of drug-likeness (QED) is 0.594. The Kier molecular flexibility index (Phi) is 3.34. The molecule has 0 aliphatic carbocycles. The third-order valence-electron chi connectivity index (χ3n) is 3.72. The van der Waals surface area contributed by atoms with E-state index in [1.165, 1.54) is 0 Å². The normalized spacial score (nSPS) is 11.0. The zero-order valence-electron chi connectivity index (χ0n) is 13.1. The molecule has 4 rings (SSSR count). The van der Waals surface area contributed by atoms with Crippen molar-refractivity contribution in [1.29, 1.82) is 0 Å². The molecule has 0 radical (unpaired) electrons. The zero-order chi connectivity index (χ0) is 16.5. The first-order valence-electron chi connectivity index (χ1n) is 7.50. The van der Waals surface area contributed by atoms with Crippen molar-refractivity contribution in [1.82, 2.24) is 29.3 Å². The molecule has 0 saturated carbocycles. The molecule has 3 N–H and O–H groups in total.